The van der Waals surface area contributed by atoms with Gasteiger partial charge in [-0.2, -0.15) is 0 Å². The van der Waals surface area contributed by atoms with Crippen molar-refractivity contribution in [1.29, 1.82) is 0 Å². The first kappa shape index (κ1) is 18.7. The molecule has 0 rings (SSSR count). The number of carboxylic acids is 2. The van der Waals surface area contributed by atoms with E-state index in [1.165, 1.54) is 7.11 Å². The van der Waals surface area contributed by atoms with Gasteiger partial charge in [0.25, 0.3) is 0 Å². The van der Waals surface area contributed by atoms with Crippen molar-refractivity contribution in [2.45, 2.75) is 6.92 Å². The van der Waals surface area contributed by atoms with Crippen LogP contribution >= 0.6 is 0 Å². The van der Waals surface area contributed by atoms with Gasteiger partial charge in [-0.3, -0.25) is 0 Å². The van der Waals surface area contributed by atoms with Gasteiger partial charge < -0.3 is 19.7 Å². The standard InChI is InChI=1S/C6H8O4.C5H6O4/c1-2-10-6(9)4-3-5(7)8;1-9-5(8)3-2-4(6)7/h3-4H,2H2,1H3,(H,7,8);2-3H,1H3,(H,6,7). The predicted octanol–water partition coefficient (Wildman–Crippen LogP) is -0.00950. The van der Waals surface area contributed by atoms with Crippen LogP contribution in [0.15, 0.2) is 24.3 Å². The lowest BCUT2D eigenvalue weighted by Crippen LogP contribution is -2.00. The highest BCUT2D eigenvalue weighted by Crippen LogP contribution is 1.80. The summed E-state index contributed by atoms with van der Waals surface area (Å²) in [7, 11) is 1.18. The zero-order chi connectivity index (χ0) is 15.3. The molecule has 0 saturated heterocycles. The van der Waals surface area contributed by atoms with Gasteiger partial charge in [-0.1, -0.05) is 0 Å². The largest absolute Gasteiger partial charge is 0.478 e. The summed E-state index contributed by atoms with van der Waals surface area (Å²) in [6, 6.07) is 0. The molecule has 106 valence electrons. The van der Waals surface area contributed by atoms with Crippen LogP contribution in [-0.2, 0) is 28.7 Å². The summed E-state index contributed by atoms with van der Waals surface area (Å²) < 4.78 is 8.51. The molecule has 8 nitrogen and oxygen atoms in total. The first-order valence-electron chi connectivity index (χ1n) is 4.90. The highest BCUT2D eigenvalue weighted by molar-refractivity contribution is 5.91. The smallest absolute Gasteiger partial charge is 0.330 e. The van der Waals surface area contributed by atoms with Gasteiger partial charge in [-0.15, -0.1) is 0 Å². The first-order chi connectivity index (χ1) is 8.83. The van der Waals surface area contributed by atoms with Gasteiger partial charge in [0, 0.05) is 24.3 Å². The molecule has 2 N–H and O–H groups in total. The Morgan fingerprint density at radius 3 is 1.63 bits per heavy atom. The fraction of sp³-hybridized carbons (Fsp3) is 0.273. The van der Waals surface area contributed by atoms with E-state index in [0.29, 0.717) is 6.08 Å². The van der Waals surface area contributed by atoms with E-state index in [-0.39, 0.29) is 6.61 Å². The first-order valence-corrected chi connectivity index (χ1v) is 4.90. The summed E-state index contributed by atoms with van der Waals surface area (Å²) in [5.74, 6) is -3.63. The van der Waals surface area contributed by atoms with Crippen molar-refractivity contribution in [2.24, 2.45) is 0 Å². The fourth-order valence-corrected chi connectivity index (χ4v) is 0.537. The summed E-state index contributed by atoms with van der Waals surface area (Å²) in [6.07, 6.45) is 3.15. The third kappa shape index (κ3) is 17.9. The maximum absolute atomic E-state index is 10.4. The number of ether oxygens (including phenoxy) is 2. The van der Waals surface area contributed by atoms with E-state index in [4.69, 9.17) is 10.2 Å². The van der Waals surface area contributed by atoms with E-state index < -0.39 is 23.9 Å². The molecule has 8 heteroatoms. The molecule has 0 heterocycles. The fourth-order valence-electron chi connectivity index (χ4n) is 0.537. The van der Waals surface area contributed by atoms with Gasteiger partial charge >= 0.3 is 23.9 Å². The minimum atomic E-state index is -1.17. The number of rotatable bonds is 5. The van der Waals surface area contributed by atoms with Crippen molar-refractivity contribution in [1.82, 2.24) is 0 Å². The van der Waals surface area contributed by atoms with Crippen molar-refractivity contribution >= 4 is 23.9 Å². The summed E-state index contributed by atoms with van der Waals surface area (Å²) in [5, 5.41) is 16.0. The number of hydrogen-bond acceptors (Lipinski definition) is 6. The molecular weight excluding hydrogens is 260 g/mol. The molecule has 0 aliphatic carbocycles. The molecule has 0 unspecified atom stereocenters. The van der Waals surface area contributed by atoms with Crippen LogP contribution in [0.3, 0.4) is 0 Å². The number of carboxylic acid groups (broad SMARTS) is 2. The third-order valence-electron chi connectivity index (χ3n) is 1.21. The number of methoxy groups -OCH3 is 1. The lowest BCUT2D eigenvalue weighted by molar-refractivity contribution is -0.138. The monoisotopic (exact) mass is 274 g/mol. The SMILES string of the molecule is CCOC(=O)C=CC(=O)O.COC(=O)C=CC(=O)O. The molecule has 0 aromatic carbocycles. The molecular formula is C11H14O8. The maximum Gasteiger partial charge on any atom is 0.330 e. The molecule has 0 aliphatic heterocycles. The molecule has 0 atom stereocenters. The van der Waals surface area contributed by atoms with Gasteiger partial charge in [-0.05, 0) is 6.92 Å². The van der Waals surface area contributed by atoms with Crippen LogP contribution in [0.1, 0.15) is 6.92 Å². The minimum absolute atomic E-state index is 0.253. The molecule has 0 amide bonds. The summed E-state index contributed by atoms with van der Waals surface area (Å²) in [5.41, 5.74) is 0. The lowest BCUT2D eigenvalue weighted by Gasteiger charge is -1.92. The Kier molecular flexibility index (Phi) is 11.7. The quantitative estimate of drug-likeness (QED) is 0.529. The summed E-state index contributed by atoms with van der Waals surface area (Å²) >= 11 is 0. The number of aliphatic carboxylic acids is 2. The molecule has 0 saturated carbocycles. The Bertz CT molecular complexity index is 380. The zero-order valence-corrected chi connectivity index (χ0v) is 10.4. The van der Waals surface area contributed by atoms with Crippen LogP contribution in [0.25, 0.3) is 0 Å². The Labute approximate surface area is 108 Å². The average molecular weight is 274 g/mol. The predicted molar refractivity (Wildman–Crippen MR) is 62.2 cm³/mol. The number of hydrogen-bond donors (Lipinski definition) is 2. The summed E-state index contributed by atoms with van der Waals surface area (Å²) in [4.78, 5) is 40.1. The topological polar surface area (TPSA) is 127 Å². The van der Waals surface area contributed by atoms with Gasteiger partial charge in [-0.25, -0.2) is 19.2 Å². The van der Waals surface area contributed by atoms with Crippen molar-refractivity contribution in [3.05, 3.63) is 24.3 Å². The van der Waals surface area contributed by atoms with E-state index in [1.54, 1.807) is 6.92 Å². The van der Waals surface area contributed by atoms with Crippen LogP contribution in [0, 0.1) is 0 Å². The average Bonchev–Trinajstić information content (AvgIpc) is 2.34. The zero-order valence-electron chi connectivity index (χ0n) is 10.4. The van der Waals surface area contributed by atoms with Crippen molar-refractivity contribution in [3.8, 4) is 0 Å². The van der Waals surface area contributed by atoms with Gasteiger partial charge in [0.05, 0.1) is 13.7 Å². The molecule has 0 fully saturated rings. The number of carbonyl (C=O) groups is 4. The Balaban J connectivity index is 0. The lowest BCUT2D eigenvalue weighted by atomic mass is 10.5. The van der Waals surface area contributed by atoms with Crippen molar-refractivity contribution in [3.63, 3.8) is 0 Å². The Morgan fingerprint density at radius 1 is 0.895 bits per heavy atom. The molecule has 19 heavy (non-hydrogen) atoms. The second-order valence-electron chi connectivity index (χ2n) is 2.62. The van der Waals surface area contributed by atoms with E-state index in [1.807, 2.05) is 0 Å². The van der Waals surface area contributed by atoms with Gasteiger partial charge in [0.15, 0.2) is 0 Å². The van der Waals surface area contributed by atoms with Crippen molar-refractivity contribution < 1.29 is 38.9 Å². The molecule has 0 bridgehead atoms. The maximum atomic E-state index is 10.4. The van der Waals surface area contributed by atoms with E-state index in [9.17, 15) is 19.2 Å². The molecule has 0 aromatic heterocycles. The van der Waals surface area contributed by atoms with Crippen LogP contribution in [0.2, 0.25) is 0 Å². The van der Waals surface area contributed by atoms with E-state index in [0.717, 1.165) is 18.2 Å². The summed E-state index contributed by atoms with van der Waals surface area (Å²) in [6.45, 7) is 1.90. The van der Waals surface area contributed by atoms with Crippen LogP contribution in [0.5, 0.6) is 0 Å². The van der Waals surface area contributed by atoms with Crippen LogP contribution in [-0.4, -0.2) is 47.8 Å². The van der Waals surface area contributed by atoms with E-state index in [2.05, 4.69) is 9.47 Å². The number of esters is 2. The highest BCUT2D eigenvalue weighted by atomic mass is 16.5. The molecule has 0 aromatic rings. The van der Waals surface area contributed by atoms with Crippen molar-refractivity contribution in [2.75, 3.05) is 13.7 Å². The highest BCUT2D eigenvalue weighted by Gasteiger charge is 1.94. The van der Waals surface area contributed by atoms with Gasteiger partial charge in [0.1, 0.15) is 0 Å². The molecule has 0 radical (unpaired) electrons. The second kappa shape index (κ2) is 11.8. The number of carbonyl (C=O) groups excluding carboxylic acids is 2. The molecule has 0 spiro atoms. The second-order valence-corrected chi connectivity index (χ2v) is 2.62. The van der Waals surface area contributed by atoms with Gasteiger partial charge in [0.2, 0.25) is 0 Å². The van der Waals surface area contributed by atoms with Crippen LogP contribution in [0.4, 0.5) is 0 Å². The minimum Gasteiger partial charge on any atom is -0.478 e. The molecule has 0 aliphatic rings. The Morgan fingerprint density at radius 2 is 1.32 bits per heavy atom. The third-order valence-corrected chi connectivity index (χ3v) is 1.21. The van der Waals surface area contributed by atoms with Crippen LogP contribution < -0.4 is 0 Å². The normalized spacial score (nSPS) is 9.58. The van der Waals surface area contributed by atoms with E-state index >= 15 is 0 Å². The Hall–Kier alpha value is -2.64.